The van der Waals surface area contributed by atoms with Gasteiger partial charge in [-0.05, 0) is 0 Å². The van der Waals surface area contributed by atoms with Crippen LogP contribution in [-0.2, 0) is 7.67 Å². The third-order valence-corrected chi connectivity index (χ3v) is 0. The molecule has 0 aromatic rings. The van der Waals surface area contributed by atoms with Gasteiger partial charge in [0.1, 0.15) is 0 Å². The molecule has 0 aromatic carbocycles. The Morgan fingerprint density at radius 3 is 1.17 bits per heavy atom. The molecule has 6 heteroatoms. The Bertz CT molecular complexity index is 90.7. The van der Waals surface area contributed by atoms with Gasteiger partial charge in [-0.2, -0.15) is 0 Å². The predicted octanol–water partition coefficient (Wildman–Crippen LogP) is -3.38. The maximum absolute atomic E-state index is 8.59. The summed E-state index contributed by atoms with van der Waals surface area (Å²) in [5, 5.41) is 0. The summed E-state index contributed by atoms with van der Waals surface area (Å²) >= 11 is -5.75. The summed E-state index contributed by atoms with van der Waals surface area (Å²) in [6.07, 6.45) is 0. The van der Waals surface area contributed by atoms with Crippen molar-refractivity contribution in [2.45, 2.75) is 0 Å². The molecule has 0 unspecified atom stereocenters. The van der Waals surface area contributed by atoms with Gasteiger partial charge in [-0.1, -0.05) is 0 Å². The smallest absolute Gasteiger partial charge is 2.00 e. The van der Waals surface area contributed by atoms with Crippen LogP contribution in [0.1, 0.15) is 0 Å². The molecule has 0 spiro atoms. The molecule has 0 rings (SSSR count). The zero-order valence-electron chi connectivity index (χ0n) is 2.75. The van der Waals surface area contributed by atoms with Crippen LogP contribution in [0.2, 0.25) is 0 Å². The number of rotatable bonds is 0. The SMILES string of the molecule is O=[Se](=O)([O-])[O-].[Ba+2]. The zero-order valence-corrected chi connectivity index (χ0v) is 8.90. The molecule has 0 heterocycles. The molecule has 0 aliphatic heterocycles. The second-order valence-electron chi connectivity index (χ2n) is 0.408. The molecule has 0 amide bonds. The topological polar surface area (TPSA) is 80.3 Å². The minimum Gasteiger partial charge on any atom is 2.00 e. The molecule has 0 aliphatic carbocycles. The largest absolute Gasteiger partial charge is 2.00 e. The van der Waals surface area contributed by atoms with Crippen LogP contribution >= 0.6 is 0 Å². The van der Waals surface area contributed by atoms with Crippen molar-refractivity contribution < 1.29 is 16.0 Å². The van der Waals surface area contributed by atoms with Crippen LogP contribution in [0.4, 0.5) is 0 Å². The van der Waals surface area contributed by atoms with Gasteiger partial charge >= 0.3 is 78.3 Å². The van der Waals surface area contributed by atoms with Gasteiger partial charge in [-0.25, -0.2) is 0 Å². The van der Waals surface area contributed by atoms with Crippen LogP contribution in [0.25, 0.3) is 0 Å². The number of hydrogen-bond donors (Lipinski definition) is 0. The van der Waals surface area contributed by atoms with E-state index in [0.29, 0.717) is 0 Å². The molecule has 0 fully saturated rings. The van der Waals surface area contributed by atoms with Crippen LogP contribution in [0, 0.1) is 0 Å². The average Bonchev–Trinajstić information content (AvgIpc) is 0.722. The molecule has 0 N–H and O–H groups in total. The molecule has 4 nitrogen and oxygen atoms in total. The van der Waals surface area contributed by atoms with Crippen LogP contribution in [0.15, 0.2) is 0 Å². The first-order chi connectivity index (χ1) is 2.00. The fourth-order valence-corrected chi connectivity index (χ4v) is 0. The van der Waals surface area contributed by atoms with Crippen molar-refractivity contribution in [2.75, 3.05) is 0 Å². The summed E-state index contributed by atoms with van der Waals surface area (Å²) in [6.45, 7) is 0. The average molecular weight is 280 g/mol. The van der Waals surface area contributed by atoms with Crippen LogP contribution < -0.4 is 8.38 Å². The minimum atomic E-state index is -5.75. The Labute approximate surface area is 76.9 Å². The minimum absolute atomic E-state index is 0. The van der Waals surface area contributed by atoms with Crippen molar-refractivity contribution in [1.82, 2.24) is 0 Å². The summed E-state index contributed by atoms with van der Waals surface area (Å²) in [7, 11) is 0. The van der Waals surface area contributed by atoms with E-state index in [1.807, 2.05) is 0 Å². The molecule has 6 heavy (non-hydrogen) atoms. The monoisotopic (exact) mass is 282 g/mol. The Hall–Kier alpha value is 1.61. The van der Waals surface area contributed by atoms with Crippen molar-refractivity contribution in [1.29, 1.82) is 0 Å². The van der Waals surface area contributed by atoms with Gasteiger partial charge < -0.3 is 0 Å². The zero-order chi connectivity index (χ0) is 4.50. The maximum atomic E-state index is 8.59. The van der Waals surface area contributed by atoms with E-state index in [1.54, 1.807) is 0 Å². The van der Waals surface area contributed by atoms with Crippen molar-refractivity contribution in [3.63, 3.8) is 0 Å². The molecule has 0 radical (unpaired) electrons. The molecular formula is BaO4Se. The summed E-state index contributed by atoms with van der Waals surface area (Å²) in [6, 6.07) is 0. The van der Waals surface area contributed by atoms with Gasteiger partial charge in [0.25, 0.3) is 0 Å². The Kier molecular flexibility index (Phi) is 6.33. The van der Waals surface area contributed by atoms with Crippen molar-refractivity contribution in [2.24, 2.45) is 0 Å². The van der Waals surface area contributed by atoms with Crippen LogP contribution in [-0.4, -0.2) is 62.2 Å². The third kappa shape index (κ3) is 46.0. The molecular weight excluding hydrogens is 280 g/mol. The van der Waals surface area contributed by atoms with E-state index in [1.165, 1.54) is 0 Å². The van der Waals surface area contributed by atoms with Crippen molar-refractivity contribution >= 4 is 62.2 Å². The molecule has 0 aliphatic rings. The first-order valence-electron chi connectivity index (χ1n) is 0.667. The van der Waals surface area contributed by atoms with E-state index in [4.69, 9.17) is 16.0 Å². The van der Waals surface area contributed by atoms with Crippen LogP contribution in [0.3, 0.4) is 0 Å². The summed E-state index contributed by atoms with van der Waals surface area (Å²) in [4.78, 5) is 0. The molecule has 0 atom stereocenters. The van der Waals surface area contributed by atoms with E-state index in [0.717, 1.165) is 0 Å². The fraction of sp³-hybridized carbons (Fsp3) is 0. The Balaban J connectivity index is 0. The normalized spacial score (nSPS) is 9.67. The molecule has 0 saturated heterocycles. The van der Waals surface area contributed by atoms with Gasteiger partial charge in [0.05, 0.1) is 0 Å². The maximum Gasteiger partial charge on any atom is 2.00 e. The van der Waals surface area contributed by atoms with Gasteiger partial charge in [-0.3, -0.25) is 0 Å². The fourth-order valence-electron chi connectivity index (χ4n) is 0. The van der Waals surface area contributed by atoms with Gasteiger partial charge in [0.15, 0.2) is 0 Å². The van der Waals surface area contributed by atoms with Crippen molar-refractivity contribution in [3.8, 4) is 0 Å². The quantitative estimate of drug-likeness (QED) is 0.434. The molecule has 32 valence electrons. The summed E-state index contributed by atoms with van der Waals surface area (Å²) in [5.41, 5.74) is 0. The van der Waals surface area contributed by atoms with Crippen LogP contribution in [0.5, 0.6) is 0 Å². The van der Waals surface area contributed by atoms with Crippen molar-refractivity contribution in [3.05, 3.63) is 0 Å². The molecule has 0 bridgehead atoms. The predicted molar refractivity (Wildman–Crippen MR) is 12.9 cm³/mol. The second-order valence-corrected chi connectivity index (χ2v) is 2.12. The number of hydrogen-bond acceptors (Lipinski definition) is 4. The van der Waals surface area contributed by atoms with E-state index in [-0.39, 0.29) is 48.9 Å². The van der Waals surface area contributed by atoms with E-state index < -0.39 is 13.4 Å². The Morgan fingerprint density at radius 2 is 1.17 bits per heavy atom. The Morgan fingerprint density at radius 1 is 1.17 bits per heavy atom. The summed E-state index contributed by atoms with van der Waals surface area (Å²) in [5.74, 6) is 0. The summed E-state index contributed by atoms with van der Waals surface area (Å²) < 4.78 is 34.4. The second kappa shape index (κ2) is 3.59. The molecule has 0 aromatic heterocycles. The van der Waals surface area contributed by atoms with E-state index in [2.05, 4.69) is 0 Å². The first-order valence-corrected chi connectivity index (χ1v) is 3.46. The van der Waals surface area contributed by atoms with Gasteiger partial charge in [-0.15, -0.1) is 0 Å². The van der Waals surface area contributed by atoms with E-state index >= 15 is 0 Å². The first kappa shape index (κ1) is 10.6. The van der Waals surface area contributed by atoms with E-state index in [9.17, 15) is 0 Å². The van der Waals surface area contributed by atoms with Gasteiger partial charge in [0, 0.05) is 0 Å². The molecule has 0 saturated carbocycles. The van der Waals surface area contributed by atoms with Gasteiger partial charge in [0.2, 0.25) is 0 Å². The third-order valence-electron chi connectivity index (χ3n) is 0. The standard InChI is InChI=1S/Ba.H2O4Se/c;1-5(2,3)4/h;(H2,1,2,3,4)/q+2;/p-2.